The average molecular weight is 242 g/mol. The zero-order chi connectivity index (χ0) is 13.0. The maximum Gasteiger partial charge on any atom is 0.347 e. The first kappa shape index (κ1) is 13.1. The quantitative estimate of drug-likeness (QED) is 0.381. The van der Waals surface area contributed by atoms with Crippen LogP contribution < -0.4 is 16.5 Å². The monoisotopic (exact) mass is 242 g/mol. The highest BCUT2D eigenvalue weighted by Gasteiger charge is 2.42. The van der Waals surface area contributed by atoms with Gasteiger partial charge in [-0.05, 0) is 6.08 Å². The van der Waals surface area contributed by atoms with Crippen molar-refractivity contribution >= 4 is 17.8 Å². The second kappa shape index (κ2) is 5.41. The van der Waals surface area contributed by atoms with Crippen LogP contribution in [0.4, 0.5) is 0 Å². The van der Waals surface area contributed by atoms with Gasteiger partial charge in [0.25, 0.3) is 0 Å². The molecule has 8 heteroatoms. The third-order valence-corrected chi connectivity index (χ3v) is 1.98. The molecule has 94 valence electrons. The average Bonchev–Trinajstić information content (AvgIpc) is 2.56. The maximum absolute atomic E-state index is 11.5. The number of nitrogens with two attached hydrogens (primary N) is 1. The van der Waals surface area contributed by atoms with Crippen LogP contribution in [0.15, 0.2) is 12.7 Å². The van der Waals surface area contributed by atoms with Crippen LogP contribution in [-0.2, 0) is 19.1 Å². The third kappa shape index (κ3) is 3.02. The zero-order valence-corrected chi connectivity index (χ0v) is 9.30. The van der Waals surface area contributed by atoms with Crippen LogP contribution in [0.25, 0.3) is 0 Å². The number of nitrogens with zero attached hydrogens (tertiary/aromatic N) is 1. The van der Waals surface area contributed by atoms with Crippen LogP contribution in [0.1, 0.15) is 6.92 Å². The molecular formula is C9H14N4O4. The topological polar surface area (TPSA) is 114 Å². The Balaban J connectivity index is 2.82. The molecule has 0 aromatic heterocycles. The Labute approximate surface area is 97.7 Å². The Morgan fingerprint density at radius 3 is 2.76 bits per heavy atom. The van der Waals surface area contributed by atoms with E-state index in [4.69, 9.17) is 10.5 Å². The van der Waals surface area contributed by atoms with Gasteiger partial charge in [0.15, 0.2) is 6.23 Å². The number of ether oxygens (including phenoxy) is 1. The summed E-state index contributed by atoms with van der Waals surface area (Å²) in [4.78, 5) is 33.6. The maximum atomic E-state index is 11.5. The van der Waals surface area contributed by atoms with E-state index in [1.54, 1.807) is 0 Å². The summed E-state index contributed by atoms with van der Waals surface area (Å²) in [7, 11) is 0. The molecule has 17 heavy (non-hydrogen) atoms. The van der Waals surface area contributed by atoms with Crippen LogP contribution in [-0.4, -0.2) is 41.7 Å². The summed E-state index contributed by atoms with van der Waals surface area (Å²) in [5, 5.41) is 3.48. The molecule has 1 rings (SSSR count). The van der Waals surface area contributed by atoms with Crippen LogP contribution in [0.5, 0.6) is 0 Å². The first-order valence-corrected chi connectivity index (χ1v) is 4.87. The van der Waals surface area contributed by atoms with Crippen molar-refractivity contribution < 1.29 is 19.1 Å². The molecule has 1 saturated heterocycles. The predicted molar refractivity (Wildman–Crippen MR) is 56.7 cm³/mol. The number of esters is 1. The summed E-state index contributed by atoms with van der Waals surface area (Å²) >= 11 is 0. The van der Waals surface area contributed by atoms with Crippen molar-refractivity contribution in [3.8, 4) is 0 Å². The van der Waals surface area contributed by atoms with E-state index in [1.807, 2.05) is 0 Å². The summed E-state index contributed by atoms with van der Waals surface area (Å²) < 4.78 is 4.88. The van der Waals surface area contributed by atoms with Gasteiger partial charge in [0.2, 0.25) is 18.0 Å². The van der Waals surface area contributed by atoms with Crippen molar-refractivity contribution in [2.24, 2.45) is 5.73 Å². The number of amides is 2. The lowest BCUT2D eigenvalue weighted by atomic mass is 10.4. The van der Waals surface area contributed by atoms with Gasteiger partial charge >= 0.3 is 5.97 Å². The van der Waals surface area contributed by atoms with Gasteiger partial charge in [-0.15, -0.1) is 5.01 Å². The van der Waals surface area contributed by atoms with E-state index in [0.717, 1.165) is 5.01 Å². The SMILES string of the molecule is C=CC1OC(=O)C(NC(=O)CN)N1NC(C)=O. The fourth-order valence-electron chi connectivity index (χ4n) is 1.31. The number of rotatable bonds is 4. The molecule has 0 spiro atoms. The highest BCUT2D eigenvalue weighted by Crippen LogP contribution is 2.14. The highest BCUT2D eigenvalue weighted by molar-refractivity contribution is 5.86. The van der Waals surface area contributed by atoms with Gasteiger partial charge in [-0.25, -0.2) is 4.79 Å². The number of hydrazine groups is 1. The summed E-state index contributed by atoms with van der Waals surface area (Å²) in [5.74, 6) is -1.63. The first-order chi connectivity index (χ1) is 7.99. The molecule has 0 aromatic carbocycles. The Morgan fingerprint density at radius 1 is 1.65 bits per heavy atom. The molecule has 1 aliphatic heterocycles. The second-order valence-electron chi connectivity index (χ2n) is 3.31. The molecule has 1 fully saturated rings. The first-order valence-electron chi connectivity index (χ1n) is 4.87. The van der Waals surface area contributed by atoms with Crippen LogP contribution in [0.2, 0.25) is 0 Å². The summed E-state index contributed by atoms with van der Waals surface area (Å²) in [6, 6.07) is 0. The molecule has 2 unspecified atom stereocenters. The van der Waals surface area contributed by atoms with E-state index in [2.05, 4.69) is 17.3 Å². The van der Waals surface area contributed by atoms with Crippen molar-refractivity contribution in [2.45, 2.75) is 19.3 Å². The smallest absolute Gasteiger partial charge is 0.347 e. The molecule has 4 N–H and O–H groups in total. The second-order valence-corrected chi connectivity index (χ2v) is 3.31. The Hall–Kier alpha value is -1.93. The van der Waals surface area contributed by atoms with Crippen molar-refractivity contribution in [1.29, 1.82) is 0 Å². The van der Waals surface area contributed by atoms with E-state index in [1.165, 1.54) is 13.0 Å². The van der Waals surface area contributed by atoms with E-state index < -0.39 is 30.2 Å². The van der Waals surface area contributed by atoms with Gasteiger partial charge in [-0.2, -0.15) is 0 Å². The molecule has 1 aliphatic rings. The largest absolute Gasteiger partial charge is 0.438 e. The molecule has 0 saturated carbocycles. The molecule has 2 amide bonds. The van der Waals surface area contributed by atoms with Gasteiger partial charge in [0, 0.05) is 6.92 Å². The Morgan fingerprint density at radius 2 is 2.29 bits per heavy atom. The fraction of sp³-hybridized carbons (Fsp3) is 0.444. The minimum Gasteiger partial charge on any atom is -0.438 e. The van der Waals surface area contributed by atoms with E-state index in [9.17, 15) is 14.4 Å². The lowest BCUT2D eigenvalue weighted by Gasteiger charge is -2.23. The van der Waals surface area contributed by atoms with Gasteiger partial charge in [-0.3, -0.25) is 15.0 Å². The number of carbonyl (C=O) groups is 3. The normalized spacial score (nSPS) is 24.0. The lowest BCUT2D eigenvalue weighted by molar-refractivity contribution is -0.143. The summed E-state index contributed by atoms with van der Waals surface area (Å²) in [6.07, 6.45) is -0.602. The fourth-order valence-corrected chi connectivity index (χ4v) is 1.31. The standard InChI is InChI=1S/C9H14N4O4/c1-3-7-13(12-5(2)14)8(9(16)17-7)11-6(15)4-10/h3,7-8H,1,4,10H2,2H3,(H,11,15)(H,12,14). The minimum atomic E-state index is -1.10. The minimum absolute atomic E-state index is 0.267. The van der Waals surface area contributed by atoms with Crippen LogP contribution >= 0.6 is 0 Å². The van der Waals surface area contributed by atoms with Gasteiger partial charge in [0.1, 0.15) is 0 Å². The Bertz CT molecular complexity index is 357. The predicted octanol–water partition coefficient (Wildman–Crippen LogP) is -2.19. The summed E-state index contributed by atoms with van der Waals surface area (Å²) in [5.41, 5.74) is 7.49. The lowest BCUT2D eigenvalue weighted by Crippen LogP contribution is -2.57. The molecular weight excluding hydrogens is 228 g/mol. The van der Waals surface area contributed by atoms with Gasteiger partial charge in [0.05, 0.1) is 6.54 Å². The molecule has 8 nitrogen and oxygen atoms in total. The number of carbonyl (C=O) groups excluding carboxylic acids is 3. The molecule has 0 aromatic rings. The van der Waals surface area contributed by atoms with Crippen LogP contribution in [0.3, 0.4) is 0 Å². The van der Waals surface area contributed by atoms with Gasteiger partial charge < -0.3 is 15.8 Å². The zero-order valence-electron chi connectivity index (χ0n) is 9.30. The van der Waals surface area contributed by atoms with Crippen LogP contribution in [0, 0.1) is 0 Å². The van der Waals surface area contributed by atoms with Crippen molar-refractivity contribution in [3.63, 3.8) is 0 Å². The molecule has 0 aliphatic carbocycles. The van der Waals surface area contributed by atoms with Crippen molar-refractivity contribution in [3.05, 3.63) is 12.7 Å². The number of hydrogen-bond donors (Lipinski definition) is 3. The van der Waals surface area contributed by atoms with Gasteiger partial charge in [-0.1, -0.05) is 6.58 Å². The van der Waals surface area contributed by atoms with Crippen molar-refractivity contribution in [1.82, 2.24) is 15.8 Å². The van der Waals surface area contributed by atoms with E-state index in [-0.39, 0.29) is 6.54 Å². The number of hydrogen-bond acceptors (Lipinski definition) is 6. The molecule has 1 heterocycles. The molecule has 0 bridgehead atoms. The molecule has 2 atom stereocenters. The summed E-state index contributed by atoms with van der Waals surface area (Å²) in [6.45, 7) is 4.46. The Kier molecular flexibility index (Phi) is 4.18. The highest BCUT2D eigenvalue weighted by atomic mass is 16.6. The number of nitrogens with one attached hydrogen (secondary N) is 2. The number of cyclic esters (lactones) is 1. The molecule has 0 radical (unpaired) electrons. The van der Waals surface area contributed by atoms with E-state index in [0.29, 0.717) is 0 Å². The van der Waals surface area contributed by atoms with Crippen molar-refractivity contribution in [2.75, 3.05) is 6.54 Å². The third-order valence-electron chi connectivity index (χ3n) is 1.98. The van der Waals surface area contributed by atoms with E-state index >= 15 is 0 Å².